The minimum absolute atomic E-state index is 0.624. The molecule has 102 valence electrons. The molecular formula is C15H20ClN3. The third-order valence-corrected chi connectivity index (χ3v) is 3.71. The maximum absolute atomic E-state index is 6.11. The molecule has 0 radical (unpaired) electrons. The van der Waals surface area contributed by atoms with Gasteiger partial charge in [-0.15, -0.1) is 0 Å². The zero-order valence-corrected chi connectivity index (χ0v) is 12.2. The van der Waals surface area contributed by atoms with Gasteiger partial charge in [0.25, 0.3) is 0 Å². The van der Waals surface area contributed by atoms with E-state index in [-0.39, 0.29) is 0 Å². The molecule has 1 saturated carbocycles. The van der Waals surface area contributed by atoms with Gasteiger partial charge in [0.05, 0.1) is 17.6 Å². The first-order valence-electron chi connectivity index (χ1n) is 7.02. The van der Waals surface area contributed by atoms with Crippen LogP contribution < -0.4 is 5.32 Å². The first kappa shape index (κ1) is 12.9. The van der Waals surface area contributed by atoms with E-state index in [1.807, 2.05) is 18.2 Å². The van der Waals surface area contributed by atoms with E-state index in [0.717, 1.165) is 29.5 Å². The Morgan fingerprint density at radius 2 is 2.21 bits per heavy atom. The Hall–Kier alpha value is -1.06. The second-order valence-corrected chi connectivity index (χ2v) is 6.22. The number of hydrogen-bond acceptors (Lipinski definition) is 2. The van der Waals surface area contributed by atoms with Crippen molar-refractivity contribution >= 4 is 22.6 Å². The van der Waals surface area contributed by atoms with E-state index in [1.54, 1.807) is 0 Å². The van der Waals surface area contributed by atoms with Crippen LogP contribution in [0.25, 0.3) is 11.0 Å². The zero-order chi connectivity index (χ0) is 13.4. The molecule has 1 aromatic heterocycles. The van der Waals surface area contributed by atoms with Crippen LogP contribution in [0.3, 0.4) is 0 Å². The molecule has 2 aromatic rings. The van der Waals surface area contributed by atoms with Crippen molar-refractivity contribution < 1.29 is 0 Å². The molecule has 0 amide bonds. The second-order valence-electron chi connectivity index (χ2n) is 5.79. The number of fused-ring (bicyclic) bond motifs is 1. The lowest BCUT2D eigenvalue weighted by Crippen LogP contribution is -2.21. The number of nitrogens with zero attached hydrogens (tertiary/aromatic N) is 2. The number of hydrogen-bond donors (Lipinski definition) is 1. The van der Waals surface area contributed by atoms with Gasteiger partial charge in [0, 0.05) is 11.1 Å². The van der Waals surface area contributed by atoms with Crippen LogP contribution in [-0.4, -0.2) is 16.1 Å². The van der Waals surface area contributed by atoms with Gasteiger partial charge in [-0.05, 0) is 43.5 Å². The highest BCUT2D eigenvalue weighted by molar-refractivity contribution is 6.31. The highest BCUT2D eigenvalue weighted by Crippen LogP contribution is 2.39. The molecule has 0 saturated heterocycles. The molecular weight excluding hydrogens is 258 g/mol. The summed E-state index contributed by atoms with van der Waals surface area (Å²) in [6.45, 7) is 6.29. The van der Waals surface area contributed by atoms with Crippen LogP contribution in [0.4, 0.5) is 0 Å². The van der Waals surface area contributed by atoms with E-state index in [4.69, 9.17) is 16.6 Å². The molecule has 0 bridgehead atoms. The maximum Gasteiger partial charge on any atom is 0.124 e. The fourth-order valence-electron chi connectivity index (χ4n) is 2.45. The van der Waals surface area contributed by atoms with Gasteiger partial charge in [-0.3, -0.25) is 0 Å². The summed E-state index contributed by atoms with van der Waals surface area (Å²) in [4.78, 5) is 4.75. The fraction of sp³-hybridized carbons (Fsp3) is 0.533. The van der Waals surface area contributed by atoms with Gasteiger partial charge in [0.15, 0.2) is 0 Å². The number of rotatable bonds is 5. The van der Waals surface area contributed by atoms with E-state index < -0.39 is 0 Å². The normalized spacial score (nSPS) is 15.6. The van der Waals surface area contributed by atoms with Crippen molar-refractivity contribution in [3.05, 3.63) is 29.0 Å². The van der Waals surface area contributed by atoms with Crippen molar-refractivity contribution in [1.82, 2.24) is 14.9 Å². The highest BCUT2D eigenvalue weighted by atomic mass is 35.5. The monoisotopic (exact) mass is 277 g/mol. The van der Waals surface area contributed by atoms with Gasteiger partial charge in [-0.2, -0.15) is 0 Å². The van der Waals surface area contributed by atoms with Gasteiger partial charge in [-0.25, -0.2) is 4.98 Å². The molecule has 1 aliphatic carbocycles. The summed E-state index contributed by atoms with van der Waals surface area (Å²) < 4.78 is 2.37. The van der Waals surface area contributed by atoms with Crippen LogP contribution in [0, 0.1) is 5.92 Å². The van der Waals surface area contributed by atoms with Crippen LogP contribution in [0.15, 0.2) is 18.2 Å². The van der Waals surface area contributed by atoms with Crippen molar-refractivity contribution in [3.63, 3.8) is 0 Å². The summed E-state index contributed by atoms with van der Waals surface area (Å²) in [6, 6.07) is 6.59. The number of aromatic nitrogens is 2. The predicted octanol–water partition coefficient (Wildman–Crippen LogP) is 3.77. The number of benzene rings is 1. The molecule has 3 rings (SSSR count). The smallest absolute Gasteiger partial charge is 0.124 e. The van der Waals surface area contributed by atoms with Crippen molar-refractivity contribution in [2.24, 2.45) is 5.92 Å². The third-order valence-electron chi connectivity index (χ3n) is 3.47. The molecule has 0 aliphatic heterocycles. The zero-order valence-electron chi connectivity index (χ0n) is 11.5. The van der Waals surface area contributed by atoms with Gasteiger partial charge in [-0.1, -0.05) is 25.4 Å². The number of halogens is 1. The summed E-state index contributed by atoms with van der Waals surface area (Å²) in [7, 11) is 0. The molecule has 4 heteroatoms. The molecule has 19 heavy (non-hydrogen) atoms. The van der Waals surface area contributed by atoms with Crippen LogP contribution in [0.2, 0.25) is 5.02 Å². The molecule has 3 nitrogen and oxygen atoms in total. The molecule has 0 spiro atoms. The lowest BCUT2D eigenvalue weighted by atomic mass is 10.2. The predicted molar refractivity (Wildman–Crippen MR) is 79.6 cm³/mol. The van der Waals surface area contributed by atoms with Crippen LogP contribution in [-0.2, 0) is 6.54 Å². The Labute approximate surface area is 119 Å². The Bertz CT molecular complexity index is 584. The first-order chi connectivity index (χ1) is 9.15. The van der Waals surface area contributed by atoms with Crippen molar-refractivity contribution in [2.75, 3.05) is 6.54 Å². The molecule has 0 unspecified atom stereocenters. The summed E-state index contributed by atoms with van der Waals surface area (Å²) in [5, 5.41) is 4.27. The maximum atomic E-state index is 6.11. The van der Waals surface area contributed by atoms with E-state index in [9.17, 15) is 0 Å². The Morgan fingerprint density at radius 3 is 2.89 bits per heavy atom. The number of imidazole rings is 1. The Balaban J connectivity index is 1.91. The average Bonchev–Trinajstić information content (AvgIpc) is 3.11. The summed E-state index contributed by atoms with van der Waals surface area (Å²) in [6.07, 6.45) is 2.52. The highest BCUT2D eigenvalue weighted by Gasteiger charge is 2.28. The molecule has 0 atom stereocenters. The minimum Gasteiger partial charge on any atom is -0.324 e. The van der Waals surface area contributed by atoms with Crippen molar-refractivity contribution in [1.29, 1.82) is 0 Å². The average molecular weight is 278 g/mol. The van der Waals surface area contributed by atoms with E-state index >= 15 is 0 Å². The summed E-state index contributed by atoms with van der Waals surface area (Å²) in [5.74, 6) is 1.80. The van der Waals surface area contributed by atoms with Crippen molar-refractivity contribution in [2.45, 2.75) is 39.3 Å². The molecule has 1 fully saturated rings. The van der Waals surface area contributed by atoms with Gasteiger partial charge in [0.1, 0.15) is 5.82 Å². The lowest BCUT2D eigenvalue weighted by Gasteiger charge is -2.10. The van der Waals surface area contributed by atoms with E-state index in [2.05, 4.69) is 23.7 Å². The van der Waals surface area contributed by atoms with Crippen LogP contribution in [0.1, 0.15) is 38.6 Å². The van der Waals surface area contributed by atoms with Crippen LogP contribution >= 0.6 is 11.6 Å². The molecule has 1 N–H and O–H groups in total. The topological polar surface area (TPSA) is 29.9 Å². The minimum atomic E-state index is 0.624. The largest absolute Gasteiger partial charge is 0.324 e. The van der Waals surface area contributed by atoms with Crippen molar-refractivity contribution in [3.8, 4) is 0 Å². The quantitative estimate of drug-likeness (QED) is 0.902. The third kappa shape index (κ3) is 2.77. The standard InChI is InChI=1S/C15H20ClN3/c1-10(2)8-17-9-15-18-13-6-3-11(16)7-14(13)19(15)12-4-5-12/h3,6-7,10,12,17H,4-5,8-9H2,1-2H3. The molecule has 1 heterocycles. The second kappa shape index (κ2) is 5.14. The lowest BCUT2D eigenvalue weighted by molar-refractivity contribution is 0.531. The van der Waals surface area contributed by atoms with Crippen LogP contribution in [0.5, 0.6) is 0 Å². The van der Waals surface area contributed by atoms with E-state index in [1.165, 1.54) is 18.4 Å². The first-order valence-corrected chi connectivity index (χ1v) is 7.40. The van der Waals surface area contributed by atoms with Gasteiger partial charge in [0.2, 0.25) is 0 Å². The Kier molecular flexibility index (Phi) is 3.50. The fourth-order valence-corrected chi connectivity index (χ4v) is 2.62. The summed E-state index contributed by atoms with van der Waals surface area (Å²) >= 11 is 6.11. The van der Waals surface area contributed by atoms with Gasteiger partial charge >= 0.3 is 0 Å². The molecule has 1 aromatic carbocycles. The van der Waals surface area contributed by atoms with E-state index in [0.29, 0.717) is 12.0 Å². The Morgan fingerprint density at radius 1 is 1.42 bits per heavy atom. The summed E-state index contributed by atoms with van der Waals surface area (Å²) in [5.41, 5.74) is 2.23. The number of nitrogens with one attached hydrogen (secondary N) is 1. The molecule has 1 aliphatic rings. The van der Waals surface area contributed by atoms with Gasteiger partial charge < -0.3 is 9.88 Å². The SMILES string of the molecule is CC(C)CNCc1nc2ccc(Cl)cc2n1C1CC1.